The summed E-state index contributed by atoms with van der Waals surface area (Å²) in [7, 11) is 0. The molecule has 2 heterocycles. The second-order valence-corrected chi connectivity index (χ2v) is 8.75. The van der Waals surface area contributed by atoms with Crippen LogP contribution in [0.4, 0.5) is 11.4 Å². The number of carbonyl (C=O) groups excluding carboxylic acids is 1. The molecule has 1 amide bonds. The van der Waals surface area contributed by atoms with Gasteiger partial charge in [-0.3, -0.25) is 14.5 Å². The molecule has 156 valence electrons. The minimum atomic E-state index is -0.426. The molecule has 8 heteroatoms. The predicted octanol–water partition coefficient (Wildman–Crippen LogP) is 3.17. The smallest absolute Gasteiger partial charge is 0.288 e. The quantitative estimate of drug-likeness (QED) is 0.781. The summed E-state index contributed by atoms with van der Waals surface area (Å²) >= 11 is 6.30. The summed E-state index contributed by atoms with van der Waals surface area (Å²) in [6.07, 6.45) is 3.34. The van der Waals surface area contributed by atoms with E-state index in [1.165, 1.54) is 4.68 Å². The average molecular weight is 418 g/mol. The number of nitrogens with one attached hydrogen (secondary N) is 2. The van der Waals surface area contributed by atoms with Crippen molar-refractivity contribution in [1.82, 2.24) is 14.7 Å². The molecule has 0 saturated carbocycles. The van der Waals surface area contributed by atoms with E-state index in [0.717, 1.165) is 31.6 Å². The molecular weight excluding hydrogens is 390 g/mol. The molecule has 0 aliphatic carbocycles. The first-order valence-electron chi connectivity index (χ1n) is 9.86. The Balaban J connectivity index is 1.52. The summed E-state index contributed by atoms with van der Waals surface area (Å²) in [5.41, 5.74) is 0.656. The Kier molecular flexibility index (Phi) is 6.59. The highest BCUT2D eigenvalue weighted by Crippen LogP contribution is 2.22. The van der Waals surface area contributed by atoms with E-state index >= 15 is 0 Å². The first kappa shape index (κ1) is 21.3. The maximum atomic E-state index is 12.5. The van der Waals surface area contributed by atoms with Crippen LogP contribution in [0.1, 0.15) is 33.6 Å². The highest BCUT2D eigenvalue weighted by atomic mass is 35.5. The molecule has 1 aromatic heterocycles. The summed E-state index contributed by atoms with van der Waals surface area (Å²) in [5, 5.41) is 10.7. The number of nitrogens with zero attached hydrogens (tertiary/aromatic N) is 3. The molecule has 1 fully saturated rings. The number of para-hydroxylation sites is 1. The van der Waals surface area contributed by atoms with Crippen LogP contribution in [0, 0.1) is 0 Å². The van der Waals surface area contributed by atoms with Crippen molar-refractivity contribution in [2.24, 2.45) is 0 Å². The zero-order valence-electron chi connectivity index (χ0n) is 17.1. The van der Waals surface area contributed by atoms with Crippen molar-refractivity contribution in [3.05, 3.63) is 51.9 Å². The molecule has 29 heavy (non-hydrogen) atoms. The average Bonchev–Trinajstić information content (AvgIpc) is 2.67. The lowest BCUT2D eigenvalue weighted by atomic mass is 10.0. The molecular formula is C21H28ClN5O2. The number of rotatable bonds is 5. The van der Waals surface area contributed by atoms with Gasteiger partial charge in [-0.1, -0.05) is 29.8 Å². The second-order valence-electron chi connectivity index (χ2n) is 8.37. The summed E-state index contributed by atoms with van der Waals surface area (Å²) in [6, 6.07) is 9.64. The van der Waals surface area contributed by atoms with Crippen LogP contribution in [0.5, 0.6) is 0 Å². The molecule has 1 aliphatic rings. The van der Waals surface area contributed by atoms with Crippen LogP contribution in [0.3, 0.4) is 0 Å². The van der Waals surface area contributed by atoms with Crippen LogP contribution in [0.15, 0.2) is 41.3 Å². The SMILES string of the molecule is CC(C)(C)n1ncc(NC2CCN(CC(=O)Nc3ccccc3)CC2)c(Cl)c1=O. The summed E-state index contributed by atoms with van der Waals surface area (Å²) in [4.78, 5) is 26.8. The third kappa shape index (κ3) is 5.58. The largest absolute Gasteiger partial charge is 0.380 e. The number of hydrogen-bond acceptors (Lipinski definition) is 5. The fourth-order valence-corrected chi connectivity index (χ4v) is 3.58. The summed E-state index contributed by atoms with van der Waals surface area (Å²) in [5.74, 6) is -0.0133. The minimum Gasteiger partial charge on any atom is -0.380 e. The van der Waals surface area contributed by atoms with E-state index in [1.54, 1.807) is 6.20 Å². The maximum absolute atomic E-state index is 12.5. The van der Waals surface area contributed by atoms with Crippen molar-refractivity contribution in [3.63, 3.8) is 0 Å². The first-order chi connectivity index (χ1) is 13.7. The molecule has 1 aromatic carbocycles. The number of anilines is 2. The fraction of sp³-hybridized carbons (Fsp3) is 0.476. The van der Waals surface area contributed by atoms with Crippen LogP contribution < -0.4 is 16.2 Å². The Morgan fingerprint density at radius 2 is 1.86 bits per heavy atom. The van der Waals surface area contributed by atoms with Gasteiger partial charge in [0.1, 0.15) is 5.02 Å². The number of halogens is 1. The van der Waals surface area contributed by atoms with Crippen LogP contribution in [-0.4, -0.2) is 46.3 Å². The highest BCUT2D eigenvalue weighted by Gasteiger charge is 2.24. The monoisotopic (exact) mass is 417 g/mol. The van der Waals surface area contributed by atoms with Crippen molar-refractivity contribution in [1.29, 1.82) is 0 Å². The van der Waals surface area contributed by atoms with Crippen LogP contribution in [0.25, 0.3) is 0 Å². The molecule has 0 atom stereocenters. The minimum absolute atomic E-state index is 0.0133. The van der Waals surface area contributed by atoms with Gasteiger partial charge in [0.15, 0.2) is 0 Å². The molecule has 0 radical (unpaired) electrons. The third-order valence-corrected chi connectivity index (χ3v) is 5.29. The topological polar surface area (TPSA) is 79.3 Å². The summed E-state index contributed by atoms with van der Waals surface area (Å²) < 4.78 is 1.40. The Labute approximate surface area is 176 Å². The van der Waals surface area contributed by atoms with Gasteiger partial charge in [0, 0.05) is 24.8 Å². The van der Waals surface area contributed by atoms with Crippen LogP contribution >= 0.6 is 11.6 Å². The van der Waals surface area contributed by atoms with Crippen LogP contribution in [-0.2, 0) is 10.3 Å². The van der Waals surface area contributed by atoms with Crippen molar-refractivity contribution in [3.8, 4) is 0 Å². The lowest BCUT2D eigenvalue weighted by molar-refractivity contribution is -0.117. The Morgan fingerprint density at radius 1 is 1.21 bits per heavy atom. The molecule has 1 saturated heterocycles. The van der Waals surface area contributed by atoms with E-state index in [9.17, 15) is 9.59 Å². The Morgan fingerprint density at radius 3 is 2.48 bits per heavy atom. The van der Waals surface area contributed by atoms with Crippen molar-refractivity contribution < 1.29 is 4.79 Å². The normalized spacial score (nSPS) is 15.9. The van der Waals surface area contributed by atoms with Gasteiger partial charge < -0.3 is 10.6 Å². The van der Waals surface area contributed by atoms with Crippen LogP contribution in [0.2, 0.25) is 5.02 Å². The molecule has 0 bridgehead atoms. The number of benzene rings is 1. The Bertz CT molecular complexity index is 900. The van der Waals surface area contributed by atoms with E-state index in [-0.39, 0.29) is 22.5 Å². The summed E-state index contributed by atoms with van der Waals surface area (Å²) in [6.45, 7) is 7.69. The molecule has 0 unspecified atom stereocenters. The van der Waals surface area contributed by atoms with Gasteiger partial charge in [-0.05, 0) is 45.7 Å². The lowest BCUT2D eigenvalue weighted by Gasteiger charge is -2.32. The van der Waals surface area contributed by atoms with Gasteiger partial charge in [0.05, 0.1) is 24.0 Å². The van der Waals surface area contributed by atoms with E-state index in [4.69, 9.17) is 11.6 Å². The number of likely N-dealkylation sites (tertiary alicyclic amines) is 1. The molecule has 0 spiro atoms. The van der Waals surface area contributed by atoms with Gasteiger partial charge in [-0.25, -0.2) is 4.68 Å². The number of carbonyl (C=O) groups is 1. The fourth-order valence-electron chi connectivity index (χ4n) is 3.39. The van der Waals surface area contributed by atoms with Gasteiger partial charge >= 0.3 is 0 Å². The highest BCUT2D eigenvalue weighted by molar-refractivity contribution is 6.32. The standard InChI is InChI=1S/C21H28ClN5O2/c1-21(2,3)27-20(29)19(22)17(13-23-27)24-16-9-11-26(12-10-16)14-18(28)25-15-7-5-4-6-8-15/h4-8,13,16,24H,9-12,14H2,1-3H3,(H,25,28). The zero-order chi connectivity index (χ0) is 21.0. The molecule has 3 rings (SSSR count). The molecule has 2 aromatic rings. The van der Waals surface area contributed by atoms with E-state index in [1.807, 2.05) is 51.1 Å². The number of amides is 1. The number of hydrogen-bond donors (Lipinski definition) is 2. The Hall–Kier alpha value is -2.38. The third-order valence-electron chi connectivity index (χ3n) is 4.93. The second kappa shape index (κ2) is 8.97. The van der Waals surface area contributed by atoms with E-state index < -0.39 is 5.54 Å². The maximum Gasteiger partial charge on any atom is 0.288 e. The van der Waals surface area contributed by atoms with Gasteiger partial charge in [0.2, 0.25) is 5.91 Å². The lowest BCUT2D eigenvalue weighted by Crippen LogP contribution is -2.43. The first-order valence-corrected chi connectivity index (χ1v) is 10.2. The molecule has 1 aliphatic heterocycles. The van der Waals surface area contributed by atoms with Gasteiger partial charge in [-0.2, -0.15) is 5.10 Å². The van der Waals surface area contributed by atoms with E-state index in [2.05, 4.69) is 20.6 Å². The van der Waals surface area contributed by atoms with E-state index in [0.29, 0.717) is 12.2 Å². The molecule has 2 N–H and O–H groups in total. The van der Waals surface area contributed by atoms with Crippen molar-refractivity contribution in [2.75, 3.05) is 30.3 Å². The van der Waals surface area contributed by atoms with Gasteiger partial charge in [0.25, 0.3) is 5.56 Å². The number of aromatic nitrogens is 2. The molecule has 7 nitrogen and oxygen atoms in total. The zero-order valence-corrected chi connectivity index (χ0v) is 17.9. The predicted molar refractivity (Wildman–Crippen MR) is 117 cm³/mol. The number of piperidine rings is 1. The van der Waals surface area contributed by atoms with Crippen molar-refractivity contribution >= 4 is 28.9 Å². The van der Waals surface area contributed by atoms with Gasteiger partial charge in [-0.15, -0.1) is 0 Å². The van der Waals surface area contributed by atoms with Crippen molar-refractivity contribution in [2.45, 2.75) is 45.2 Å².